The van der Waals surface area contributed by atoms with Gasteiger partial charge in [0.2, 0.25) is 5.91 Å². The maximum absolute atomic E-state index is 12.1. The summed E-state index contributed by atoms with van der Waals surface area (Å²) in [4.78, 5) is 12.1. The third-order valence-electron chi connectivity index (χ3n) is 3.04. The van der Waals surface area contributed by atoms with E-state index in [1.807, 2.05) is 38.1 Å². The van der Waals surface area contributed by atoms with Crippen molar-refractivity contribution in [3.63, 3.8) is 0 Å². The van der Waals surface area contributed by atoms with Crippen LogP contribution in [0.2, 0.25) is 5.02 Å². The van der Waals surface area contributed by atoms with Crippen molar-refractivity contribution in [3.05, 3.63) is 62.6 Å². The molecule has 20 heavy (non-hydrogen) atoms. The average molecular weight is 353 g/mol. The van der Waals surface area contributed by atoms with Crippen LogP contribution < -0.4 is 5.32 Å². The predicted octanol–water partition coefficient (Wildman–Crippen LogP) is 4.90. The molecule has 0 aliphatic rings. The number of hydrogen-bond donors (Lipinski definition) is 1. The van der Waals surface area contributed by atoms with Gasteiger partial charge < -0.3 is 5.32 Å². The maximum Gasteiger partial charge on any atom is 0.228 e. The molecule has 0 atom stereocenters. The van der Waals surface area contributed by atoms with Gasteiger partial charge in [0, 0.05) is 15.2 Å². The summed E-state index contributed by atoms with van der Waals surface area (Å²) in [6, 6.07) is 11.3. The molecule has 2 aromatic carbocycles. The zero-order valence-electron chi connectivity index (χ0n) is 11.3. The van der Waals surface area contributed by atoms with Crippen molar-refractivity contribution in [2.75, 3.05) is 5.32 Å². The van der Waals surface area contributed by atoms with E-state index in [1.165, 1.54) is 0 Å². The van der Waals surface area contributed by atoms with Crippen LogP contribution in [0.4, 0.5) is 5.69 Å². The van der Waals surface area contributed by atoms with Crippen LogP contribution in [0.1, 0.15) is 16.7 Å². The summed E-state index contributed by atoms with van der Waals surface area (Å²) in [7, 11) is 0. The van der Waals surface area contributed by atoms with Gasteiger partial charge in [-0.05, 0) is 54.8 Å². The Kier molecular flexibility index (Phi) is 4.84. The van der Waals surface area contributed by atoms with E-state index in [1.54, 1.807) is 12.1 Å². The normalized spacial score (nSPS) is 10.4. The van der Waals surface area contributed by atoms with E-state index in [0.717, 1.165) is 26.9 Å². The van der Waals surface area contributed by atoms with E-state index in [-0.39, 0.29) is 5.91 Å². The van der Waals surface area contributed by atoms with Crippen molar-refractivity contribution >= 4 is 39.1 Å². The van der Waals surface area contributed by atoms with E-state index < -0.39 is 0 Å². The average Bonchev–Trinajstić information content (AvgIpc) is 2.36. The molecular weight excluding hydrogens is 338 g/mol. The molecule has 0 spiro atoms. The maximum atomic E-state index is 12.1. The second-order valence-electron chi connectivity index (χ2n) is 4.77. The molecule has 4 heteroatoms. The van der Waals surface area contributed by atoms with Gasteiger partial charge >= 0.3 is 0 Å². The van der Waals surface area contributed by atoms with Crippen molar-refractivity contribution in [3.8, 4) is 0 Å². The number of carbonyl (C=O) groups is 1. The largest absolute Gasteiger partial charge is 0.325 e. The number of hydrogen-bond acceptors (Lipinski definition) is 1. The fourth-order valence-electron chi connectivity index (χ4n) is 2.08. The lowest BCUT2D eigenvalue weighted by atomic mass is 10.1. The highest BCUT2D eigenvalue weighted by molar-refractivity contribution is 9.10. The lowest BCUT2D eigenvalue weighted by molar-refractivity contribution is -0.115. The molecule has 0 heterocycles. The Morgan fingerprint density at radius 2 is 1.70 bits per heavy atom. The topological polar surface area (TPSA) is 29.1 Å². The van der Waals surface area contributed by atoms with E-state index in [0.29, 0.717) is 11.4 Å². The minimum atomic E-state index is -0.0270. The highest BCUT2D eigenvalue weighted by atomic mass is 79.9. The summed E-state index contributed by atoms with van der Waals surface area (Å²) >= 11 is 9.28. The third kappa shape index (κ3) is 3.84. The van der Waals surface area contributed by atoms with Gasteiger partial charge in [-0.2, -0.15) is 0 Å². The van der Waals surface area contributed by atoms with Gasteiger partial charge in [-0.15, -0.1) is 0 Å². The van der Waals surface area contributed by atoms with Crippen molar-refractivity contribution in [2.24, 2.45) is 0 Å². The lowest BCUT2D eigenvalue weighted by Crippen LogP contribution is -2.16. The molecule has 2 aromatic rings. The molecule has 104 valence electrons. The Morgan fingerprint density at radius 3 is 2.25 bits per heavy atom. The van der Waals surface area contributed by atoms with Crippen LogP contribution in [0.25, 0.3) is 0 Å². The third-order valence-corrected chi connectivity index (χ3v) is 3.75. The standard InChI is InChI=1S/C16H15BrClNO/c1-10-7-13(17)8-11(2)16(10)19-15(20)9-12-3-5-14(18)6-4-12/h3-8H,9H2,1-2H3,(H,19,20). The summed E-state index contributed by atoms with van der Waals surface area (Å²) < 4.78 is 1.02. The van der Waals surface area contributed by atoms with Crippen LogP contribution in [-0.2, 0) is 11.2 Å². The molecule has 0 aliphatic carbocycles. The fraction of sp³-hybridized carbons (Fsp3) is 0.188. The van der Waals surface area contributed by atoms with Crippen LogP contribution in [0.3, 0.4) is 0 Å². The molecule has 2 rings (SSSR count). The Balaban J connectivity index is 2.10. The summed E-state index contributed by atoms with van der Waals surface area (Å²) in [6.07, 6.45) is 0.339. The number of halogens is 2. The van der Waals surface area contributed by atoms with Gasteiger partial charge in [0.05, 0.1) is 6.42 Å². The second-order valence-corrected chi connectivity index (χ2v) is 6.12. The monoisotopic (exact) mass is 351 g/mol. The van der Waals surface area contributed by atoms with Gasteiger partial charge in [-0.25, -0.2) is 0 Å². The number of aryl methyl sites for hydroxylation is 2. The van der Waals surface area contributed by atoms with E-state index in [9.17, 15) is 4.79 Å². The zero-order valence-corrected chi connectivity index (χ0v) is 13.7. The quantitative estimate of drug-likeness (QED) is 0.836. The minimum Gasteiger partial charge on any atom is -0.325 e. The van der Waals surface area contributed by atoms with Gasteiger partial charge in [-0.3, -0.25) is 4.79 Å². The molecule has 1 amide bonds. The number of benzene rings is 2. The Morgan fingerprint density at radius 1 is 1.15 bits per heavy atom. The summed E-state index contributed by atoms with van der Waals surface area (Å²) in [6.45, 7) is 3.96. The van der Waals surface area contributed by atoms with Gasteiger partial charge in [-0.1, -0.05) is 39.7 Å². The van der Waals surface area contributed by atoms with Crippen molar-refractivity contribution in [2.45, 2.75) is 20.3 Å². The molecule has 0 saturated carbocycles. The van der Waals surface area contributed by atoms with Crippen molar-refractivity contribution in [1.29, 1.82) is 0 Å². The van der Waals surface area contributed by atoms with Gasteiger partial charge in [0.25, 0.3) is 0 Å². The number of anilines is 1. The SMILES string of the molecule is Cc1cc(Br)cc(C)c1NC(=O)Cc1ccc(Cl)cc1. The van der Waals surface area contributed by atoms with E-state index in [4.69, 9.17) is 11.6 Å². The Labute approximate surface area is 132 Å². The van der Waals surface area contributed by atoms with E-state index >= 15 is 0 Å². The second kappa shape index (κ2) is 6.42. The summed E-state index contributed by atoms with van der Waals surface area (Å²) in [5.41, 5.74) is 3.91. The molecule has 0 aromatic heterocycles. The molecule has 0 bridgehead atoms. The van der Waals surface area contributed by atoms with Crippen LogP contribution in [-0.4, -0.2) is 5.91 Å². The number of nitrogens with one attached hydrogen (secondary N) is 1. The molecule has 1 N–H and O–H groups in total. The first kappa shape index (κ1) is 15.1. The highest BCUT2D eigenvalue weighted by Crippen LogP contribution is 2.25. The van der Waals surface area contributed by atoms with Crippen LogP contribution >= 0.6 is 27.5 Å². The first-order valence-electron chi connectivity index (χ1n) is 6.27. The van der Waals surface area contributed by atoms with Crippen molar-refractivity contribution < 1.29 is 4.79 Å². The molecular formula is C16H15BrClNO. The molecule has 0 saturated heterocycles. The predicted molar refractivity (Wildman–Crippen MR) is 87.4 cm³/mol. The molecule has 0 aliphatic heterocycles. The molecule has 2 nitrogen and oxygen atoms in total. The molecule has 0 fully saturated rings. The smallest absolute Gasteiger partial charge is 0.228 e. The molecule has 0 unspecified atom stereocenters. The van der Waals surface area contributed by atoms with Crippen molar-refractivity contribution in [1.82, 2.24) is 0 Å². The zero-order chi connectivity index (χ0) is 14.7. The van der Waals surface area contributed by atoms with Gasteiger partial charge in [0.1, 0.15) is 0 Å². The number of amides is 1. The van der Waals surface area contributed by atoms with Crippen LogP contribution in [0.15, 0.2) is 40.9 Å². The Hall–Kier alpha value is -1.32. The first-order valence-corrected chi connectivity index (χ1v) is 7.44. The first-order chi connectivity index (χ1) is 9.45. The minimum absolute atomic E-state index is 0.0270. The fourth-order valence-corrected chi connectivity index (χ4v) is 2.89. The van der Waals surface area contributed by atoms with Gasteiger partial charge in [0.15, 0.2) is 0 Å². The summed E-state index contributed by atoms with van der Waals surface area (Å²) in [5, 5.41) is 3.65. The highest BCUT2D eigenvalue weighted by Gasteiger charge is 2.09. The van der Waals surface area contributed by atoms with E-state index in [2.05, 4.69) is 21.2 Å². The molecule has 0 radical (unpaired) electrons. The number of rotatable bonds is 3. The lowest BCUT2D eigenvalue weighted by Gasteiger charge is -2.12. The van der Waals surface area contributed by atoms with Crippen LogP contribution in [0, 0.1) is 13.8 Å². The Bertz CT molecular complexity index is 614. The van der Waals surface area contributed by atoms with Crippen LogP contribution in [0.5, 0.6) is 0 Å². The summed E-state index contributed by atoms with van der Waals surface area (Å²) in [5.74, 6) is -0.0270. The number of carbonyl (C=O) groups excluding carboxylic acids is 1.